The lowest BCUT2D eigenvalue weighted by atomic mass is 10.0. The maximum atomic E-state index is 9.87. The largest absolute Gasteiger partial charge is 0.480 e. The van der Waals surface area contributed by atoms with Gasteiger partial charge in [-0.1, -0.05) is 31.1 Å². The molecule has 2 heterocycles. The first-order valence-electron chi connectivity index (χ1n) is 7.09. The van der Waals surface area contributed by atoms with Crippen molar-refractivity contribution >= 4 is 11.8 Å². The number of aromatic nitrogens is 2. The van der Waals surface area contributed by atoms with Gasteiger partial charge in [0.25, 0.3) is 0 Å². The van der Waals surface area contributed by atoms with Gasteiger partial charge < -0.3 is 14.4 Å². The number of fused-ring (bicyclic) bond motifs is 1. The summed E-state index contributed by atoms with van der Waals surface area (Å²) in [5, 5.41) is 13.9. The zero-order valence-corrected chi connectivity index (χ0v) is 12.8. The van der Waals surface area contributed by atoms with Crippen LogP contribution in [0.1, 0.15) is 44.0 Å². The first-order chi connectivity index (χ1) is 10.2. The standard InChI is InChI=1S/C15H18N2O3S/c1-3-10(18)9(2)15-16-14(17-20-15)12-8-21-13-7-5-4-6-11(13)19-12/h4-7,9-10,12,18H,3,8H2,1-2H3. The third-order valence-corrected chi connectivity index (χ3v) is 4.76. The number of aliphatic hydroxyl groups excluding tert-OH is 1. The molecule has 1 aromatic heterocycles. The predicted octanol–water partition coefficient (Wildman–Crippen LogP) is 3.17. The minimum atomic E-state index is -0.472. The normalized spacial score (nSPS) is 20.4. The molecule has 0 aliphatic carbocycles. The van der Waals surface area contributed by atoms with Crippen LogP contribution in [0.3, 0.4) is 0 Å². The van der Waals surface area contributed by atoms with E-state index >= 15 is 0 Å². The average molecular weight is 306 g/mol. The number of aliphatic hydroxyl groups is 1. The molecule has 5 nitrogen and oxygen atoms in total. The molecule has 1 N–H and O–H groups in total. The van der Waals surface area contributed by atoms with Crippen molar-refractivity contribution in [2.75, 3.05) is 5.75 Å². The minimum Gasteiger partial charge on any atom is -0.480 e. The summed E-state index contributed by atoms with van der Waals surface area (Å²) in [6, 6.07) is 7.93. The van der Waals surface area contributed by atoms with E-state index in [0.717, 1.165) is 16.4 Å². The lowest BCUT2D eigenvalue weighted by Gasteiger charge is -2.23. The van der Waals surface area contributed by atoms with E-state index in [0.29, 0.717) is 18.1 Å². The predicted molar refractivity (Wildman–Crippen MR) is 79.5 cm³/mol. The average Bonchev–Trinajstić information content (AvgIpc) is 3.02. The van der Waals surface area contributed by atoms with Gasteiger partial charge in [0.2, 0.25) is 11.7 Å². The Morgan fingerprint density at radius 2 is 2.24 bits per heavy atom. The highest BCUT2D eigenvalue weighted by atomic mass is 32.2. The van der Waals surface area contributed by atoms with Gasteiger partial charge in [-0.05, 0) is 18.6 Å². The van der Waals surface area contributed by atoms with Gasteiger partial charge in [0.05, 0.1) is 12.0 Å². The Balaban J connectivity index is 1.76. The highest BCUT2D eigenvalue weighted by molar-refractivity contribution is 7.99. The first kappa shape index (κ1) is 14.4. The Kier molecular flexibility index (Phi) is 4.17. The molecule has 0 radical (unpaired) electrons. The zero-order chi connectivity index (χ0) is 14.8. The Bertz CT molecular complexity index is 616. The number of ether oxygens (including phenoxy) is 1. The lowest BCUT2D eigenvalue weighted by Crippen LogP contribution is -2.17. The van der Waals surface area contributed by atoms with Crippen LogP contribution in [0.4, 0.5) is 0 Å². The SMILES string of the molecule is CCC(O)C(C)c1nc(C2CSc3ccccc3O2)no1. The summed E-state index contributed by atoms with van der Waals surface area (Å²) >= 11 is 1.72. The monoisotopic (exact) mass is 306 g/mol. The van der Waals surface area contributed by atoms with Gasteiger partial charge >= 0.3 is 0 Å². The number of benzene rings is 1. The van der Waals surface area contributed by atoms with Crippen molar-refractivity contribution in [3.63, 3.8) is 0 Å². The molecular formula is C15H18N2O3S. The van der Waals surface area contributed by atoms with Crippen LogP contribution < -0.4 is 4.74 Å². The summed E-state index contributed by atoms with van der Waals surface area (Å²) in [5.41, 5.74) is 0. The van der Waals surface area contributed by atoms with Gasteiger partial charge in [-0.2, -0.15) is 4.98 Å². The van der Waals surface area contributed by atoms with Crippen molar-refractivity contribution in [2.45, 2.75) is 43.3 Å². The molecule has 3 atom stereocenters. The summed E-state index contributed by atoms with van der Waals surface area (Å²) < 4.78 is 11.2. The van der Waals surface area contributed by atoms with Crippen LogP contribution >= 0.6 is 11.8 Å². The van der Waals surface area contributed by atoms with Gasteiger partial charge in [-0.25, -0.2) is 0 Å². The molecule has 3 rings (SSSR count). The van der Waals surface area contributed by atoms with E-state index in [2.05, 4.69) is 10.1 Å². The fourth-order valence-electron chi connectivity index (χ4n) is 2.23. The van der Waals surface area contributed by atoms with Gasteiger partial charge in [-0.15, -0.1) is 11.8 Å². The van der Waals surface area contributed by atoms with Crippen molar-refractivity contribution in [2.24, 2.45) is 0 Å². The van der Waals surface area contributed by atoms with Gasteiger partial charge in [0, 0.05) is 10.6 Å². The number of hydrogen-bond donors (Lipinski definition) is 1. The quantitative estimate of drug-likeness (QED) is 0.935. The molecule has 21 heavy (non-hydrogen) atoms. The van der Waals surface area contributed by atoms with E-state index in [4.69, 9.17) is 9.26 Å². The van der Waals surface area contributed by atoms with E-state index in [1.165, 1.54) is 0 Å². The molecule has 0 fully saturated rings. The fourth-order valence-corrected chi connectivity index (χ4v) is 3.21. The summed E-state index contributed by atoms with van der Waals surface area (Å²) in [6.07, 6.45) is -0.0313. The second-order valence-corrected chi connectivity index (χ2v) is 6.18. The maximum Gasteiger partial charge on any atom is 0.232 e. The van der Waals surface area contributed by atoms with E-state index in [-0.39, 0.29) is 12.0 Å². The van der Waals surface area contributed by atoms with Crippen LogP contribution in [0.2, 0.25) is 0 Å². The third kappa shape index (κ3) is 2.91. The van der Waals surface area contributed by atoms with Crippen LogP contribution in [-0.4, -0.2) is 27.1 Å². The third-order valence-electron chi connectivity index (χ3n) is 3.64. The highest BCUT2D eigenvalue weighted by Gasteiger charge is 2.28. The molecule has 1 aromatic carbocycles. The second-order valence-electron chi connectivity index (χ2n) is 5.12. The Morgan fingerprint density at radius 3 is 3.05 bits per heavy atom. The molecule has 0 bridgehead atoms. The van der Waals surface area contributed by atoms with Crippen LogP contribution in [0, 0.1) is 0 Å². The van der Waals surface area contributed by atoms with Crippen molar-refractivity contribution < 1.29 is 14.4 Å². The number of thioether (sulfide) groups is 1. The summed E-state index contributed by atoms with van der Waals surface area (Å²) in [4.78, 5) is 5.53. The highest BCUT2D eigenvalue weighted by Crippen LogP contribution is 2.39. The van der Waals surface area contributed by atoms with E-state index in [9.17, 15) is 5.11 Å². The Hall–Kier alpha value is -1.53. The molecule has 0 saturated heterocycles. The van der Waals surface area contributed by atoms with Crippen molar-refractivity contribution in [1.82, 2.24) is 10.1 Å². The molecule has 0 saturated carbocycles. The number of para-hydroxylation sites is 1. The summed E-state index contributed by atoms with van der Waals surface area (Å²) in [6.45, 7) is 3.81. The zero-order valence-electron chi connectivity index (χ0n) is 12.0. The molecule has 2 aromatic rings. The van der Waals surface area contributed by atoms with Gasteiger partial charge in [-0.3, -0.25) is 0 Å². The Morgan fingerprint density at radius 1 is 1.43 bits per heavy atom. The maximum absolute atomic E-state index is 9.87. The molecule has 1 aliphatic rings. The van der Waals surface area contributed by atoms with E-state index < -0.39 is 6.10 Å². The van der Waals surface area contributed by atoms with Crippen LogP contribution in [0.15, 0.2) is 33.7 Å². The molecule has 112 valence electrons. The topological polar surface area (TPSA) is 68.4 Å². The molecule has 1 aliphatic heterocycles. The van der Waals surface area contributed by atoms with E-state index in [1.807, 2.05) is 38.1 Å². The number of hydrogen-bond acceptors (Lipinski definition) is 6. The smallest absolute Gasteiger partial charge is 0.232 e. The lowest BCUT2D eigenvalue weighted by molar-refractivity contribution is 0.129. The van der Waals surface area contributed by atoms with Gasteiger partial charge in [0.15, 0.2) is 6.10 Å². The van der Waals surface area contributed by atoms with Crippen LogP contribution in [-0.2, 0) is 0 Å². The minimum absolute atomic E-state index is 0.167. The summed E-state index contributed by atoms with van der Waals surface area (Å²) in [7, 11) is 0. The van der Waals surface area contributed by atoms with Crippen LogP contribution in [0.5, 0.6) is 5.75 Å². The van der Waals surface area contributed by atoms with E-state index in [1.54, 1.807) is 11.8 Å². The molecule has 0 spiro atoms. The molecule has 6 heteroatoms. The van der Waals surface area contributed by atoms with Crippen LogP contribution in [0.25, 0.3) is 0 Å². The summed E-state index contributed by atoms with van der Waals surface area (Å²) in [5.74, 6) is 2.45. The molecule has 0 amide bonds. The van der Waals surface area contributed by atoms with Gasteiger partial charge in [0.1, 0.15) is 5.75 Å². The number of rotatable bonds is 4. The second kappa shape index (κ2) is 6.07. The van der Waals surface area contributed by atoms with Crippen molar-refractivity contribution in [3.8, 4) is 5.75 Å². The van der Waals surface area contributed by atoms with Crippen molar-refractivity contribution in [3.05, 3.63) is 36.0 Å². The molecule has 3 unspecified atom stereocenters. The Labute approximate surface area is 127 Å². The fraction of sp³-hybridized carbons (Fsp3) is 0.467. The number of nitrogens with zero attached hydrogens (tertiary/aromatic N) is 2. The van der Waals surface area contributed by atoms with Crippen molar-refractivity contribution in [1.29, 1.82) is 0 Å². The first-order valence-corrected chi connectivity index (χ1v) is 8.07. The molecular weight excluding hydrogens is 288 g/mol.